The van der Waals surface area contributed by atoms with Gasteiger partial charge in [-0.3, -0.25) is 4.90 Å². The predicted molar refractivity (Wildman–Crippen MR) is 490 cm³/mol. The highest BCUT2D eigenvalue weighted by Gasteiger charge is 2.76. The number of hydrogen-bond donors (Lipinski definition) is 2. The van der Waals surface area contributed by atoms with E-state index in [1.165, 1.54) is 5.56 Å². The Morgan fingerprint density at radius 3 is 0.661 bits per heavy atom. The summed E-state index contributed by atoms with van der Waals surface area (Å²) >= 11 is 0. The summed E-state index contributed by atoms with van der Waals surface area (Å²) in [6.07, 6.45) is 8.84. The van der Waals surface area contributed by atoms with Crippen LogP contribution in [0.5, 0.6) is 17.2 Å². The van der Waals surface area contributed by atoms with E-state index in [2.05, 4.69) is 155 Å². The van der Waals surface area contributed by atoms with Gasteiger partial charge in [-0.15, -0.1) is 0 Å². The molecule has 4 aliphatic carbocycles. The van der Waals surface area contributed by atoms with Crippen molar-refractivity contribution in [2.75, 3.05) is 34.9 Å². The maximum Gasteiger partial charge on any atom is 0.118 e. The van der Waals surface area contributed by atoms with Crippen LogP contribution in [0.4, 0.5) is 0 Å². The number of benzene rings is 22. The van der Waals surface area contributed by atoms with Crippen molar-refractivity contribution in [3.05, 3.63) is 172 Å². The molecule has 0 radical (unpaired) electrons. The van der Waals surface area contributed by atoms with Crippen LogP contribution in [0.15, 0.2) is 121 Å². The van der Waals surface area contributed by atoms with E-state index >= 15 is 0 Å². The molecule has 2 spiro atoms. The van der Waals surface area contributed by atoms with Gasteiger partial charge >= 0.3 is 0 Å². The molecule has 1 atom stereocenters. The van der Waals surface area contributed by atoms with Crippen molar-refractivity contribution in [2.24, 2.45) is 0 Å². The fourth-order valence-electron chi connectivity index (χ4n) is 33.1. The second-order valence-corrected chi connectivity index (χ2v) is 38.1. The van der Waals surface area contributed by atoms with Gasteiger partial charge in [-0.05, 0) is 433 Å². The quantitative estimate of drug-likeness (QED) is 0.147. The Balaban J connectivity index is 0.656. The first-order valence-corrected chi connectivity index (χ1v) is 42.1. The molecule has 6 heterocycles. The van der Waals surface area contributed by atoms with E-state index in [1.807, 2.05) is 12.1 Å². The normalized spacial score (nSPS) is 19.2. The maximum absolute atomic E-state index is 5.91. The molecule has 8 nitrogen and oxygen atoms in total. The van der Waals surface area contributed by atoms with Crippen LogP contribution in [0.3, 0.4) is 0 Å². The minimum Gasteiger partial charge on any atom is -0.497 e. The summed E-state index contributed by atoms with van der Waals surface area (Å²) in [5.74, 6) is 2.38. The van der Waals surface area contributed by atoms with E-state index < -0.39 is 10.8 Å². The van der Waals surface area contributed by atoms with Gasteiger partial charge in [0.05, 0.1) is 54.9 Å². The standard InChI is InChI=1S/C110H41N5O3/c1-115-29-109-104-96-88-78-68-60-52-50-51-54-58-56(52)64-72-66(58)76-70-62(54)63-55(51)59-57-53(50)61(60)69-75-65(57)73-67(59)77-71(63)81-80(70)92-86(76)94-84(72)90(82(88)74(64)68)98(104)100(94)106-102(92)103-93(81)87(77)95-85(73)91-83(75)89(79(69)78)97(96)105(109)99(91)101(95)107(103)110(106,109)108(115)34-7-5-30(6-8-34)46-38-21-23-40(111-38)47(31-9-15-35(116-2)16-10-31)42-25-27-44(113-42)49(33-13-19-37(118-4)20-14-33)45-28-26-43(114-45)48(41-24-22-39(46)112-41)32-11-17-36(117-3)18-12-32/h5-28,108,111,114H,29H2,1-4H3. The first-order valence-electron chi connectivity index (χ1n) is 42.1. The molecule has 35 aromatic rings. The number of H-pyrrole nitrogens is 2. The number of fused-ring (bicyclic) bond motifs is 8. The SMILES string of the molecule is COc1ccc(-c2c3nc(c(-c4ccc(OC)cc4)c4ccc([nH]4)c(-c4ccc(C5N(C)CC67c8c9c%10c%11c%12c%13c(c%14c%15c6c6c8c8c%16c9c9c%10c%10c%12c%12c%17c%13c%13c%14c%14c%15c%15c6c6c8c8c%16c%16c9c9c%10c%12c%10c%12c%17c%13c%13c%14c%14c%15c6c6c8c8c%16c9c%10c9c%12c%13c%14c6c89)C%1157)cc4)c4nc(c(-c5ccc(OC)cc5)c5ccc2[nH]5)C=C4)C=C3)cc1. The predicted octanol–water partition coefficient (Wildman–Crippen LogP) is 27.6. The van der Waals surface area contributed by atoms with Crippen LogP contribution in [0.2, 0.25) is 0 Å². The molecule has 1 unspecified atom stereocenters. The molecule has 8 bridgehead atoms. The zero-order chi connectivity index (χ0) is 73.8. The van der Waals surface area contributed by atoms with E-state index in [0.717, 1.165) is 113 Å². The fourth-order valence-corrected chi connectivity index (χ4v) is 33.1. The number of nitrogens with one attached hydrogen (secondary N) is 2. The summed E-state index contributed by atoms with van der Waals surface area (Å²) in [6, 6.07) is 44.3. The molecule has 118 heavy (non-hydrogen) atoms. The smallest absolute Gasteiger partial charge is 0.118 e. The lowest BCUT2D eigenvalue weighted by molar-refractivity contribution is 0.271. The van der Waals surface area contributed by atoms with Crippen molar-refractivity contribution in [1.29, 1.82) is 0 Å². The Morgan fingerprint density at radius 1 is 0.254 bits per heavy atom. The van der Waals surface area contributed by atoms with Gasteiger partial charge in [-0.1, -0.05) is 60.7 Å². The molecule has 2 N–H and O–H groups in total. The zero-order valence-electron chi connectivity index (χ0n) is 62.7. The van der Waals surface area contributed by atoms with Crippen LogP contribution in [-0.4, -0.2) is 59.8 Å². The summed E-state index contributed by atoms with van der Waals surface area (Å²) < 4.78 is 17.4. The summed E-state index contributed by atoms with van der Waals surface area (Å²) in [5, 5.41) is 87.9. The molecule has 1 fully saturated rings. The van der Waals surface area contributed by atoms with Gasteiger partial charge in [0.1, 0.15) is 17.2 Å². The van der Waals surface area contributed by atoms with E-state index in [0.29, 0.717) is 0 Å². The number of rotatable bonds is 8. The highest BCUT2D eigenvalue weighted by atomic mass is 16.5. The van der Waals surface area contributed by atoms with Crippen LogP contribution in [0, 0.1) is 0 Å². The van der Waals surface area contributed by atoms with E-state index in [-0.39, 0.29) is 6.04 Å². The van der Waals surface area contributed by atoms with Crippen LogP contribution in [0.25, 0.3) is 382 Å². The molecular formula is C110H41N5O3. The number of ether oxygens (including phenoxy) is 3. The molecule has 7 aliphatic rings. The van der Waals surface area contributed by atoms with E-state index in [4.69, 9.17) is 24.2 Å². The van der Waals surface area contributed by atoms with Gasteiger partial charge in [-0.25, -0.2) is 9.97 Å². The maximum atomic E-state index is 5.91. The van der Waals surface area contributed by atoms with Crippen molar-refractivity contribution < 1.29 is 14.2 Å². The number of aromatic nitrogens is 4. The summed E-state index contributed by atoms with van der Waals surface area (Å²) in [6.45, 7) is 0.931. The summed E-state index contributed by atoms with van der Waals surface area (Å²) in [4.78, 5) is 22.7. The largest absolute Gasteiger partial charge is 0.497 e. The fraction of sp³-hybridized carbons (Fsp3) is 0.0727. The average molecular weight is 1480 g/mol. The van der Waals surface area contributed by atoms with Crippen molar-refractivity contribution in [3.63, 3.8) is 0 Å². The average Bonchev–Trinajstić information content (AvgIpc) is 1.38. The third-order valence-electron chi connectivity index (χ3n) is 35.3. The van der Waals surface area contributed by atoms with Crippen LogP contribution < -0.4 is 14.2 Å². The van der Waals surface area contributed by atoms with Crippen LogP contribution >= 0.6 is 0 Å². The number of likely N-dealkylation sites (N-methyl/N-ethyl adjacent to an activating group) is 1. The topological polar surface area (TPSA) is 88.3 Å². The monoisotopic (exact) mass is 1480 g/mol. The Kier molecular flexibility index (Phi) is 6.46. The minimum atomic E-state index is -0.513. The molecule has 32 aromatic carbocycles. The Hall–Kier alpha value is -14.7. The van der Waals surface area contributed by atoms with Crippen molar-refractivity contribution in [1.82, 2.24) is 24.8 Å². The van der Waals surface area contributed by atoms with E-state index in [1.54, 1.807) is 334 Å². The molecule has 8 heteroatoms. The molecule has 0 saturated carbocycles. The van der Waals surface area contributed by atoms with Gasteiger partial charge in [0.15, 0.2) is 0 Å². The van der Waals surface area contributed by atoms with E-state index in [9.17, 15) is 0 Å². The third-order valence-corrected chi connectivity index (χ3v) is 35.3. The second kappa shape index (κ2) is 14.5. The van der Waals surface area contributed by atoms with Crippen molar-refractivity contribution in [2.45, 2.75) is 16.9 Å². The number of aromatic amines is 2. The van der Waals surface area contributed by atoms with Gasteiger partial charge in [-0.2, -0.15) is 0 Å². The van der Waals surface area contributed by atoms with Crippen molar-refractivity contribution >= 4 is 337 Å². The lowest BCUT2D eigenvalue weighted by atomic mass is 9.47. The number of nitrogens with zero attached hydrogens (tertiary/aromatic N) is 3. The minimum absolute atomic E-state index is 0.0431. The highest BCUT2D eigenvalue weighted by molar-refractivity contribution is 6.82. The van der Waals surface area contributed by atoms with Crippen molar-refractivity contribution in [3.8, 4) is 61.8 Å². The third kappa shape index (κ3) is 3.96. The lowest BCUT2D eigenvalue weighted by Crippen LogP contribution is -2.51. The van der Waals surface area contributed by atoms with Gasteiger partial charge in [0, 0.05) is 56.9 Å². The van der Waals surface area contributed by atoms with Crippen LogP contribution in [-0.2, 0) is 10.8 Å². The van der Waals surface area contributed by atoms with Gasteiger partial charge in [0.25, 0.3) is 0 Å². The molecule has 0 amide bonds. The molecule has 1 saturated heterocycles. The number of hydrogen-bond acceptors (Lipinski definition) is 6. The second-order valence-electron chi connectivity index (χ2n) is 38.1. The zero-order valence-corrected chi connectivity index (χ0v) is 62.7. The molecule has 3 aromatic heterocycles. The van der Waals surface area contributed by atoms with Crippen LogP contribution in [0.1, 0.15) is 56.6 Å². The summed E-state index contributed by atoms with van der Waals surface area (Å²) in [7, 11) is 7.77. The Bertz CT molecular complexity index is 10700. The Labute approximate surface area is 657 Å². The first kappa shape index (κ1) is 52.6. The molecule has 42 rings (SSSR count). The van der Waals surface area contributed by atoms with Gasteiger partial charge in [0.2, 0.25) is 0 Å². The summed E-state index contributed by atoms with van der Waals surface area (Å²) in [5.41, 5.74) is 22.6. The lowest BCUT2D eigenvalue weighted by Gasteiger charge is -2.52. The first-order chi connectivity index (χ1) is 58.4. The Morgan fingerprint density at radius 2 is 0.449 bits per heavy atom. The van der Waals surface area contributed by atoms with Gasteiger partial charge < -0.3 is 24.2 Å². The molecular weight excluding hydrogens is 1440 g/mol. The number of likely N-dealkylation sites (tertiary alicyclic amines) is 1. The molecule has 3 aliphatic heterocycles. The highest BCUT2D eigenvalue weighted by Crippen LogP contribution is 2.87. The number of methoxy groups -OCH3 is 3. The molecule has 524 valence electrons.